The third kappa shape index (κ3) is 4.63. The van der Waals surface area contributed by atoms with Gasteiger partial charge in [-0.2, -0.15) is 4.98 Å². The molecule has 0 aliphatic heterocycles. The van der Waals surface area contributed by atoms with Gasteiger partial charge in [-0.1, -0.05) is 11.2 Å². The van der Waals surface area contributed by atoms with Gasteiger partial charge in [0.2, 0.25) is 17.6 Å². The zero-order valence-corrected chi connectivity index (χ0v) is 13.8. The molecule has 1 aromatic carbocycles. The molecule has 7 heteroatoms. The number of ether oxygens (including phenoxy) is 1. The Labute approximate surface area is 145 Å². The van der Waals surface area contributed by atoms with Crippen LogP contribution in [0.15, 0.2) is 53.2 Å². The van der Waals surface area contributed by atoms with Crippen molar-refractivity contribution in [1.29, 1.82) is 0 Å². The maximum atomic E-state index is 11.9. The summed E-state index contributed by atoms with van der Waals surface area (Å²) in [5, 5.41) is 6.71. The Kier molecular flexibility index (Phi) is 5.36. The van der Waals surface area contributed by atoms with E-state index < -0.39 is 0 Å². The van der Waals surface area contributed by atoms with Gasteiger partial charge in [0.15, 0.2) is 0 Å². The van der Waals surface area contributed by atoms with Crippen molar-refractivity contribution >= 4 is 11.7 Å². The Bertz CT molecular complexity index is 816. The molecule has 0 unspecified atom stereocenters. The Balaban J connectivity index is 1.49. The predicted octanol–water partition coefficient (Wildman–Crippen LogP) is 3.10. The molecule has 7 nitrogen and oxygen atoms in total. The Morgan fingerprint density at radius 2 is 2.04 bits per heavy atom. The second kappa shape index (κ2) is 8.05. The molecule has 0 spiro atoms. The lowest BCUT2D eigenvalue weighted by Gasteiger charge is -2.02. The fraction of sp³-hybridized carbons (Fsp3) is 0.222. The molecule has 3 rings (SSSR count). The van der Waals surface area contributed by atoms with Crippen LogP contribution < -0.4 is 10.1 Å². The van der Waals surface area contributed by atoms with E-state index in [0.29, 0.717) is 36.8 Å². The summed E-state index contributed by atoms with van der Waals surface area (Å²) >= 11 is 0. The number of nitrogens with one attached hydrogen (secondary N) is 1. The molecule has 0 bridgehead atoms. The van der Waals surface area contributed by atoms with Crippen molar-refractivity contribution in [1.82, 2.24) is 15.1 Å². The minimum absolute atomic E-state index is 0.0893. The molecule has 0 fully saturated rings. The van der Waals surface area contributed by atoms with Crippen LogP contribution in [0.2, 0.25) is 0 Å². The summed E-state index contributed by atoms with van der Waals surface area (Å²) in [6.07, 6.45) is 3.15. The molecule has 0 aliphatic rings. The zero-order chi connectivity index (χ0) is 17.5. The molecule has 0 atom stereocenters. The van der Waals surface area contributed by atoms with Gasteiger partial charge in [-0.3, -0.25) is 4.79 Å². The van der Waals surface area contributed by atoms with Crippen molar-refractivity contribution in [3.8, 4) is 17.1 Å². The second-order valence-electron chi connectivity index (χ2n) is 5.36. The number of aryl methyl sites for hydroxylation is 1. The van der Waals surface area contributed by atoms with E-state index in [1.807, 2.05) is 30.3 Å². The highest BCUT2D eigenvalue weighted by molar-refractivity contribution is 5.89. The van der Waals surface area contributed by atoms with E-state index in [4.69, 9.17) is 9.26 Å². The average molecular weight is 338 g/mol. The number of carbonyl (C=O) groups excluding carboxylic acids is 1. The van der Waals surface area contributed by atoms with Gasteiger partial charge in [0.05, 0.1) is 7.11 Å². The highest BCUT2D eigenvalue weighted by Gasteiger charge is 2.10. The van der Waals surface area contributed by atoms with E-state index in [1.165, 1.54) is 0 Å². The highest BCUT2D eigenvalue weighted by Crippen LogP contribution is 2.20. The fourth-order valence-electron chi connectivity index (χ4n) is 2.26. The monoisotopic (exact) mass is 338 g/mol. The largest absolute Gasteiger partial charge is 0.497 e. The number of nitrogens with zero attached hydrogens (tertiary/aromatic N) is 3. The summed E-state index contributed by atoms with van der Waals surface area (Å²) in [6, 6.07) is 12.8. The van der Waals surface area contributed by atoms with E-state index >= 15 is 0 Å². The maximum absolute atomic E-state index is 11.9. The number of anilines is 1. The van der Waals surface area contributed by atoms with Gasteiger partial charge in [0.1, 0.15) is 11.6 Å². The van der Waals surface area contributed by atoms with Crippen molar-refractivity contribution in [3.05, 3.63) is 54.6 Å². The molecule has 0 saturated carbocycles. The lowest BCUT2D eigenvalue weighted by Crippen LogP contribution is -2.12. The minimum atomic E-state index is -0.0893. The van der Waals surface area contributed by atoms with Crippen molar-refractivity contribution in [2.24, 2.45) is 0 Å². The molecule has 0 radical (unpaired) electrons. The quantitative estimate of drug-likeness (QED) is 0.712. The fourth-order valence-corrected chi connectivity index (χ4v) is 2.26. The summed E-state index contributed by atoms with van der Waals surface area (Å²) in [7, 11) is 1.62. The molecule has 2 heterocycles. The molecule has 0 aliphatic carbocycles. The summed E-state index contributed by atoms with van der Waals surface area (Å²) in [6.45, 7) is 0. The third-order valence-electron chi connectivity index (χ3n) is 3.54. The van der Waals surface area contributed by atoms with Crippen LogP contribution in [0.1, 0.15) is 18.7 Å². The molecule has 3 aromatic rings. The normalized spacial score (nSPS) is 10.4. The Morgan fingerprint density at radius 1 is 1.20 bits per heavy atom. The summed E-state index contributed by atoms with van der Waals surface area (Å²) in [5.74, 6) is 2.26. The first-order chi connectivity index (χ1) is 12.2. The van der Waals surface area contributed by atoms with Gasteiger partial charge in [-0.15, -0.1) is 0 Å². The van der Waals surface area contributed by atoms with Gasteiger partial charge in [0, 0.05) is 24.6 Å². The Hall–Kier alpha value is -3.22. The van der Waals surface area contributed by atoms with Crippen molar-refractivity contribution in [2.45, 2.75) is 19.3 Å². The zero-order valence-electron chi connectivity index (χ0n) is 13.8. The summed E-state index contributed by atoms with van der Waals surface area (Å²) < 4.78 is 10.4. The van der Waals surface area contributed by atoms with Crippen LogP contribution in [-0.4, -0.2) is 28.1 Å². The van der Waals surface area contributed by atoms with Crippen LogP contribution >= 0.6 is 0 Å². The topological polar surface area (TPSA) is 90.1 Å². The SMILES string of the molecule is COc1ccc(-c2noc(CCCC(=O)Nc3ccccn3)n2)cc1. The van der Waals surface area contributed by atoms with Gasteiger partial charge >= 0.3 is 0 Å². The van der Waals surface area contributed by atoms with E-state index in [0.717, 1.165) is 11.3 Å². The molecule has 1 N–H and O–H groups in total. The number of carbonyl (C=O) groups is 1. The maximum Gasteiger partial charge on any atom is 0.226 e. The molecule has 1 amide bonds. The number of benzene rings is 1. The number of hydrogen-bond donors (Lipinski definition) is 1. The number of rotatable bonds is 7. The van der Waals surface area contributed by atoms with Crippen LogP contribution in [-0.2, 0) is 11.2 Å². The number of pyridine rings is 1. The van der Waals surface area contributed by atoms with Crippen molar-refractivity contribution in [3.63, 3.8) is 0 Å². The van der Waals surface area contributed by atoms with Crippen molar-refractivity contribution in [2.75, 3.05) is 12.4 Å². The summed E-state index contributed by atoms with van der Waals surface area (Å²) in [5.41, 5.74) is 0.851. The minimum Gasteiger partial charge on any atom is -0.497 e. The highest BCUT2D eigenvalue weighted by atomic mass is 16.5. The number of hydrogen-bond acceptors (Lipinski definition) is 6. The predicted molar refractivity (Wildman–Crippen MR) is 92.1 cm³/mol. The van der Waals surface area contributed by atoms with Crippen LogP contribution in [0.4, 0.5) is 5.82 Å². The lowest BCUT2D eigenvalue weighted by atomic mass is 10.2. The first-order valence-corrected chi connectivity index (χ1v) is 7.92. The van der Waals surface area contributed by atoms with Crippen molar-refractivity contribution < 1.29 is 14.1 Å². The average Bonchev–Trinajstić information content (AvgIpc) is 3.11. The lowest BCUT2D eigenvalue weighted by molar-refractivity contribution is -0.116. The van der Waals surface area contributed by atoms with E-state index in [-0.39, 0.29) is 5.91 Å². The number of amides is 1. The second-order valence-corrected chi connectivity index (χ2v) is 5.36. The van der Waals surface area contributed by atoms with Crippen LogP contribution in [0.25, 0.3) is 11.4 Å². The van der Waals surface area contributed by atoms with E-state index in [2.05, 4.69) is 20.4 Å². The third-order valence-corrected chi connectivity index (χ3v) is 3.54. The molecule has 25 heavy (non-hydrogen) atoms. The number of aromatic nitrogens is 3. The van der Waals surface area contributed by atoms with Crippen LogP contribution in [0, 0.1) is 0 Å². The first-order valence-electron chi connectivity index (χ1n) is 7.92. The number of methoxy groups -OCH3 is 1. The first kappa shape index (κ1) is 16.6. The molecule has 0 saturated heterocycles. The summed E-state index contributed by atoms with van der Waals surface area (Å²) in [4.78, 5) is 20.3. The molecular formula is C18H18N4O3. The molecular weight excluding hydrogens is 320 g/mol. The standard InChI is InChI=1S/C18H18N4O3/c1-24-14-10-8-13(9-11-14)18-21-17(25-22-18)7-4-6-16(23)20-15-5-2-3-12-19-15/h2-3,5,8-12H,4,6-7H2,1H3,(H,19,20,23). The van der Waals surface area contributed by atoms with E-state index in [9.17, 15) is 4.79 Å². The van der Waals surface area contributed by atoms with Gasteiger partial charge in [-0.05, 0) is 42.8 Å². The van der Waals surface area contributed by atoms with Gasteiger partial charge in [0.25, 0.3) is 0 Å². The van der Waals surface area contributed by atoms with Gasteiger partial charge < -0.3 is 14.6 Å². The smallest absolute Gasteiger partial charge is 0.226 e. The molecule has 2 aromatic heterocycles. The molecule has 128 valence electrons. The Morgan fingerprint density at radius 3 is 2.76 bits per heavy atom. The van der Waals surface area contributed by atoms with Crippen LogP contribution in [0.5, 0.6) is 5.75 Å². The van der Waals surface area contributed by atoms with Gasteiger partial charge in [-0.25, -0.2) is 4.98 Å². The van der Waals surface area contributed by atoms with E-state index in [1.54, 1.807) is 25.4 Å². The van der Waals surface area contributed by atoms with Crippen LogP contribution in [0.3, 0.4) is 0 Å².